The van der Waals surface area contributed by atoms with E-state index in [1.807, 2.05) is 6.92 Å². The van der Waals surface area contributed by atoms with Crippen LogP contribution in [0.3, 0.4) is 0 Å². The SMILES string of the molecule is CCOC(=O)C(CCN1C(C)CCC1CC)NC(C)C. The summed E-state index contributed by atoms with van der Waals surface area (Å²) < 4.78 is 5.18. The number of hydrogen-bond acceptors (Lipinski definition) is 4. The zero-order valence-electron chi connectivity index (χ0n) is 13.8. The number of rotatable bonds is 8. The van der Waals surface area contributed by atoms with E-state index in [4.69, 9.17) is 4.74 Å². The summed E-state index contributed by atoms with van der Waals surface area (Å²) in [4.78, 5) is 14.6. The second-order valence-corrected chi connectivity index (χ2v) is 6.14. The van der Waals surface area contributed by atoms with Crippen molar-refractivity contribution in [3.63, 3.8) is 0 Å². The Morgan fingerprint density at radius 3 is 2.60 bits per heavy atom. The first-order chi connectivity index (χ1) is 9.49. The highest BCUT2D eigenvalue weighted by molar-refractivity contribution is 5.75. The first-order valence-electron chi connectivity index (χ1n) is 8.17. The highest BCUT2D eigenvalue weighted by Crippen LogP contribution is 2.26. The van der Waals surface area contributed by atoms with Crippen LogP contribution < -0.4 is 5.32 Å². The lowest BCUT2D eigenvalue weighted by Crippen LogP contribution is -2.45. The Morgan fingerprint density at radius 2 is 2.05 bits per heavy atom. The fourth-order valence-corrected chi connectivity index (χ4v) is 3.16. The Bertz CT molecular complexity index is 294. The zero-order valence-corrected chi connectivity index (χ0v) is 13.8. The van der Waals surface area contributed by atoms with E-state index in [1.54, 1.807) is 0 Å². The summed E-state index contributed by atoms with van der Waals surface area (Å²) in [6, 6.07) is 1.44. The Hall–Kier alpha value is -0.610. The summed E-state index contributed by atoms with van der Waals surface area (Å²) in [5.41, 5.74) is 0. The van der Waals surface area contributed by atoms with Crippen LogP contribution in [0.4, 0.5) is 0 Å². The van der Waals surface area contributed by atoms with Crippen LogP contribution in [0.1, 0.15) is 60.3 Å². The lowest BCUT2D eigenvalue weighted by molar-refractivity contribution is -0.146. The lowest BCUT2D eigenvalue weighted by atomic mass is 10.1. The van der Waals surface area contributed by atoms with E-state index in [1.165, 1.54) is 19.3 Å². The number of hydrogen-bond donors (Lipinski definition) is 1. The molecule has 1 saturated heterocycles. The van der Waals surface area contributed by atoms with Gasteiger partial charge in [0.1, 0.15) is 6.04 Å². The van der Waals surface area contributed by atoms with E-state index in [0.29, 0.717) is 24.7 Å². The van der Waals surface area contributed by atoms with Gasteiger partial charge in [-0.1, -0.05) is 20.8 Å². The average molecular weight is 284 g/mol. The fourth-order valence-electron chi connectivity index (χ4n) is 3.16. The van der Waals surface area contributed by atoms with Crippen molar-refractivity contribution < 1.29 is 9.53 Å². The van der Waals surface area contributed by atoms with Gasteiger partial charge in [-0.05, 0) is 39.5 Å². The Kier molecular flexibility index (Phi) is 7.52. The standard InChI is InChI=1S/C16H32N2O2/c1-6-14-9-8-13(5)18(14)11-10-15(17-12(3)4)16(19)20-7-2/h12-15,17H,6-11H2,1-5H3. The Labute approximate surface area is 124 Å². The molecule has 3 unspecified atom stereocenters. The molecule has 1 aliphatic rings. The summed E-state index contributed by atoms with van der Waals surface area (Å²) >= 11 is 0. The number of nitrogens with zero attached hydrogens (tertiary/aromatic N) is 1. The van der Waals surface area contributed by atoms with Crippen molar-refractivity contribution >= 4 is 5.97 Å². The molecular formula is C16H32N2O2. The third-order valence-electron chi connectivity index (χ3n) is 4.21. The molecule has 4 heteroatoms. The largest absolute Gasteiger partial charge is 0.465 e. The fraction of sp³-hybridized carbons (Fsp3) is 0.938. The molecule has 4 nitrogen and oxygen atoms in total. The van der Waals surface area contributed by atoms with Gasteiger partial charge in [0.05, 0.1) is 6.61 Å². The molecule has 0 spiro atoms. The van der Waals surface area contributed by atoms with Crippen molar-refractivity contribution in [1.82, 2.24) is 10.2 Å². The molecule has 0 amide bonds. The van der Waals surface area contributed by atoms with Gasteiger partial charge < -0.3 is 10.1 Å². The third-order valence-corrected chi connectivity index (χ3v) is 4.21. The number of ether oxygens (including phenoxy) is 1. The topological polar surface area (TPSA) is 41.6 Å². The van der Waals surface area contributed by atoms with Gasteiger partial charge in [0.2, 0.25) is 0 Å². The summed E-state index contributed by atoms with van der Waals surface area (Å²) in [5.74, 6) is -0.110. The summed E-state index contributed by atoms with van der Waals surface area (Å²) in [7, 11) is 0. The van der Waals surface area contributed by atoms with Gasteiger partial charge in [0.25, 0.3) is 0 Å². The Balaban J connectivity index is 2.54. The van der Waals surface area contributed by atoms with Gasteiger partial charge in [0.15, 0.2) is 0 Å². The van der Waals surface area contributed by atoms with Crippen molar-refractivity contribution in [1.29, 1.82) is 0 Å². The molecule has 1 rings (SSSR count). The van der Waals surface area contributed by atoms with Gasteiger partial charge >= 0.3 is 5.97 Å². The first-order valence-corrected chi connectivity index (χ1v) is 8.17. The molecule has 0 aromatic heterocycles. The summed E-state index contributed by atoms with van der Waals surface area (Å²) in [5, 5.41) is 3.33. The molecule has 0 saturated carbocycles. The van der Waals surface area contributed by atoms with E-state index >= 15 is 0 Å². The maximum atomic E-state index is 12.0. The highest BCUT2D eigenvalue weighted by Gasteiger charge is 2.30. The quantitative estimate of drug-likeness (QED) is 0.696. The molecule has 118 valence electrons. The normalized spacial score (nSPS) is 25.1. The molecule has 0 aromatic carbocycles. The van der Waals surface area contributed by atoms with Crippen LogP contribution in [0.2, 0.25) is 0 Å². The van der Waals surface area contributed by atoms with Crippen LogP contribution in [-0.2, 0) is 9.53 Å². The van der Waals surface area contributed by atoms with Gasteiger partial charge in [-0.3, -0.25) is 9.69 Å². The van der Waals surface area contributed by atoms with Gasteiger partial charge in [0, 0.05) is 24.7 Å². The van der Waals surface area contributed by atoms with E-state index in [-0.39, 0.29) is 12.0 Å². The maximum Gasteiger partial charge on any atom is 0.323 e. The number of likely N-dealkylation sites (tertiary alicyclic amines) is 1. The molecule has 0 aromatic rings. The number of nitrogens with one attached hydrogen (secondary N) is 1. The van der Waals surface area contributed by atoms with E-state index in [2.05, 4.69) is 37.9 Å². The van der Waals surface area contributed by atoms with Crippen molar-refractivity contribution in [2.24, 2.45) is 0 Å². The summed E-state index contributed by atoms with van der Waals surface area (Å²) in [6.45, 7) is 12.0. The third kappa shape index (κ3) is 5.06. The molecule has 20 heavy (non-hydrogen) atoms. The molecular weight excluding hydrogens is 252 g/mol. The monoisotopic (exact) mass is 284 g/mol. The molecule has 0 radical (unpaired) electrons. The molecule has 1 heterocycles. The molecule has 1 aliphatic heterocycles. The zero-order chi connectivity index (χ0) is 15.1. The van der Waals surface area contributed by atoms with E-state index in [9.17, 15) is 4.79 Å². The van der Waals surface area contributed by atoms with Gasteiger partial charge in [-0.15, -0.1) is 0 Å². The van der Waals surface area contributed by atoms with Crippen molar-refractivity contribution in [3.05, 3.63) is 0 Å². The van der Waals surface area contributed by atoms with Crippen LogP contribution >= 0.6 is 0 Å². The van der Waals surface area contributed by atoms with Crippen molar-refractivity contribution in [2.45, 2.75) is 84.5 Å². The highest BCUT2D eigenvalue weighted by atomic mass is 16.5. The van der Waals surface area contributed by atoms with Crippen LogP contribution in [-0.4, -0.2) is 48.2 Å². The molecule has 0 bridgehead atoms. The number of esters is 1. The summed E-state index contributed by atoms with van der Waals surface area (Å²) in [6.07, 6.45) is 4.60. The van der Waals surface area contributed by atoms with Crippen LogP contribution in [0.25, 0.3) is 0 Å². The molecule has 0 aliphatic carbocycles. The van der Waals surface area contributed by atoms with Crippen LogP contribution in [0, 0.1) is 0 Å². The minimum absolute atomic E-state index is 0.110. The van der Waals surface area contributed by atoms with Gasteiger partial charge in [-0.2, -0.15) is 0 Å². The Morgan fingerprint density at radius 1 is 1.35 bits per heavy atom. The van der Waals surface area contributed by atoms with E-state index < -0.39 is 0 Å². The number of carbonyl (C=O) groups is 1. The lowest BCUT2D eigenvalue weighted by Gasteiger charge is -2.29. The second-order valence-electron chi connectivity index (χ2n) is 6.14. The second kappa shape index (κ2) is 8.63. The van der Waals surface area contributed by atoms with Crippen molar-refractivity contribution in [3.8, 4) is 0 Å². The number of carbonyl (C=O) groups excluding carboxylic acids is 1. The van der Waals surface area contributed by atoms with Crippen molar-refractivity contribution in [2.75, 3.05) is 13.2 Å². The predicted octanol–water partition coefficient (Wildman–Crippen LogP) is 2.57. The van der Waals surface area contributed by atoms with Crippen LogP contribution in [0.15, 0.2) is 0 Å². The minimum Gasteiger partial charge on any atom is -0.465 e. The smallest absolute Gasteiger partial charge is 0.323 e. The van der Waals surface area contributed by atoms with E-state index in [0.717, 1.165) is 13.0 Å². The predicted molar refractivity (Wildman–Crippen MR) is 82.8 cm³/mol. The first kappa shape index (κ1) is 17.4. The maximum absolute atomic E-state index is 12.0. The van der Waals surface area contributed by atoms with Crippen LogP contribution in [0.5, 0.6) is 0 Å². The minimum atomic E-state index is -0.180. The molecule has 1 N–H and O–H groups in total. The average Bonchev–Trinajstić information content (AvgIpc) is 2.75. The molecule has 1 fully saturated rings. The molecule has 3 atom stereocenters. The van der Waals surface area contributed by atoms with Gasteiger partial charge in [-0.25, -0.2) is 0 Å².